The van der Waals surface area contributed by atoms with Crippen LogP contribution in [0.5, 0.6) is 0 Å². The minimum atomic E-state index is 0.344. The molecule has 8 heteroatoms. The first-order valence-electron chi connectivity index (χ1n) is 20.5. The average Bonchev–Trinajstić information content (AvgIpc) is 3.87. The van der Waals surface area contributed by atoms with Crippen LogP contribution in [0.3, 0.4) is 0 Å². The molecule has 12 aromatic rings. The van der Waals surface area contributed by atoms with Crippen molar-refractivity contribution in [1.82, 2.24) is 39.0 Å². The Hall–Kier alpha value is -8.62. The fourth-order valence-electron chi connectivity index (χ4n) is 8.57. The highest BCUT2D eigenvalue weighted by molar-refractivity contribution is 6.12. The molecule has 0 aliphatic heterocycles. The Labute approximate surface area is 356 Å². The van der Waals surface area contributed by atoms with E-state index in [2.05, 4.69) is 124 Å². The molecule has 0 aliphatic carbocycles. The van der Waals surface area contributed by atoms with Crippen molar-refractivity contribution in [1.29, 1.82) is 0 Å². The molecule has 0 atom stereocenters. The van der Waals surface area contributed by atoms with Crippen LogP contribution >= 0.6 is 0 Å². The standard InChI is InChI=1S/C54H34N8/c1-5-17-35(18-6-1)49-55-50(36-19-7-2-8-20-36)57-52(56-49)53-58-51(37-21-9-3-10-22-37)59-54(60-53)62-46-28-16-14-26-42(46)44-34-39(30-32-48(44)62)38-29-31-47-43(33-38)41-25-13-15-27-45(41)61(47)40-23-11-4-12-24-40/h1-34H. The first kappa shape index (κ1) is 35.3. The van der Waals surface area contributed by atoms with Gasteiger partial charge in [-0.1, -0.05) is 158 Å². The molecule has 0 fully saturated rings. The van der Waals surface area contributed by atoms with E-state index in [4.69, 9.17) is 29.9 Å². The van der Waals surface area contributed by atoms with Crippen molar-refractivity contribution < 1.29 is 0 Å². The average molecular weight is 795 g/mol. The van der Waals surface area contributed by atoms with E-state index < -0.39 is 0 Å². The Morgan fingerprint density at radius 3 is 1.11 bits per heavy atom. The van der Waals surface area contributed by atoms with E-state index in [1.165, 1.54) is 21.8 Å². The molecule has 0 unspecified atom stereocenters. The van der Waals surface area contributed by atoms with Gasteiger partial charge in [0.05, 0.1) is 22.1 Å². The molecule has 62 heavy (non-hydrogen) atoms. The summed E-state index contributed by atoms with van der Waals surface area (Å²) >= 11 is 0. The Kier molecular flexibility index (Phi) is 8.31. The van der Waals surface area contributed by atoms with Gasteiger partial charge in [0.2, 0.25) is 17.6 Å². The van der Waals surface area contributed by atoms with Crippen LogP contribution in [-0.2, 0) is 0 Å². The first-order valence-corrected chi connectivity index (χ1v) is 20.5. The summed E-state index contributed by atoms with van der Waals surface area (Å²) in [5.74, 6) is 2.74. The van der Waals surface area contributed by atoms with Crippen LogP contribution in [0.1, 0.15) is 0 Å². The van der Waals surface area contributed by atoms with E-state index in [-0.39, 0.29) is 0 Å². The number of fused-ring (bicyclic) bond motifs is 6. The number of para-hydroxylation sites is 3. The molecule has 0 saturated heterocycles. The molecule has 0 radical (unpaired) electrons. The van der Waals surface area contributed by atoms with Gasteiger partial charge in [-0.15, -0.1) is 0 Å². The van der Waals surface area contributed by atoms with Gasteiger partial charge in [0.15, 0.2) is 17.5 Å². The van der Waals surface area contributed by atoms with Gasteiger partial charge < -0.3 is 4.57 Å². The lowest BCUT2D eigenvalue weighted by Gasteiger charge is -2.12. The predicted molar refractivity (Wildman–Crippen MR) is 249 cm³/mol. The molecule has 0 spiro atoms. The van der Waals surface area contributed by atoms with Gasteiger partial charge in [-0.05, 0) is 59.7 Å². The fourth-order valence-corrected chi connectivity index (χ4v) is 8.57. The summed E-state index contributed by atoms with van der Waals surface area (Å²) in [5, 5.41) is 4.61. The van der Waals surface area contributed by atoms with Crippen LogP contribution in [0.4, 0.5) is 0 Å². The highest BCUT2D eigenvalue weighted by Gasteiger charge is 2.21. The van der Waals surface area contributed by atoms with Gasteiger partial charge in [-0.2, -0.15) is 9.97 Å². The molecule has 12 rings (SSSR count). The summed E-state index contributed by atoms with van der Waals surface area (Å²) in [6, 6.07) is 70.9. The van der Waals surface area contributed by atoms with Crippen LogP contribution in [0.25, 0.3) is 112 Å². The summed E-state index contributed by atoms with van der Waals surface area (Å²) in [4.78, 5) is 30.3. The van der Waals surface area contributed by atoms with E-state index >= 15 is 0 Å². The number of nitrogens with zero attached hydrogens (tertiary/aromatic N) is 8. The zero-order valence-corrected chi connectivity index (χ0v) is 33.2. The minimum absolute atomic E-state index is 0.344. The Balaban J connectivity index is 1.05. The number of rotatable bonds is 7. The normalized spacial score (nSPS) is 11.5. The molecule has 0 bridgehead atoms. The van der Waals surface area contributed by atoms with Crippen molar-refractivity contribution in [3.63, 3.8) is 0 Å². The van der Waals surface area contributed by atoms with Gasteiger partial charge in [0.25, 0.3) is 0 Å². The van der Waals surface area contributed by atoms with Gasteiger partial charge in [0.1, 0.15) is 0 Å². The van der Waals surface area contributed by atoms with Crippen molar-refractivity contribution in [2.75, 3.05) is 0 Å². The quantitative estimate of drug-likeness (QED) is 0.160. The first-order chi connectivity index (χ1) is 30.7. The summed E-state index contributed by atoms with van der Waals surface area (Å²) in [6.45, 7) is 0. The van der Waals surface area contributed by atoms with E-state index in [1.54, 1.807) is 0 Å². The summed E-state index contributed by atoms with van der Waals surface area (Å²) in [6.07, 6.45) is 0. The van der Waals surface area contributed by atoms with Gasteiger partial charge in [0, 0.05) is 43.9 Å². The van der Waals surface area contributed by atoms with Crippen LogP contribution < -0.4 is 0 Å². The number of hydrogen-bond donors (Lipinski definition) is 0. The maximum Gasteiger partial charge on any atom is 0.238 e. The third-order valence-electron chi connectivity index (χ3n) is 11.4. The van der Waals surface area contributed by atoms with Crippen LogP contribution in [0.2, 0.25) is 0 Å². The molecule has 8 aromatic carbocycles. The van der Waals surface area contributed by atoms with Crippen LogP contribution in [0, 0.1) is 0 Å². The lowest BCUT2D eigenvalue weighted by Crippen LogP contribution is -2.09. The van der Waals surface area contributed by atoms with Crippen molar-refractivity contribution in [3.05, 3.63) is 206 Å². The topological polar surface area (TPSA) is 87.2 Å². The Morgan fingerprint density at radius 2 is 0.597 bits per heavy atom. The smallest absolute Gasteiger partial charge is 0.238 e. The van der Waals surface area contributed by atoms with E-state index in [9.17, 15) is 0 Å². The Bertz CT molecular complexity index is 3560. The lowest BCUT2D eigenvalue weighted by molar-refractivity contribution is 0.934. The van der Waals surface area contributed by atoms with Crippen molar-refractivity contribution in [2.45, 2.75) is 0 Å². The second kappa shape index (κ2) is 14.6. The monoisotopic (exact) mass is 794 g/mol. The fraction of sp³-hybridized carbons (Fsp3) is 0. The summed E-state index contributed by atoms with van der Waals surface area (Å²) in [7, 11) is 0. The van der Waals surface area contributed by atoms with Crippen LogP contribution in [-0.4, -0.2) is 39.0 Å². The summed E-state index contributed by atoms with van der Waals surface area (Å²) in [5.41, 5.74) is 10.3. The molecule has 0 amide bonds. The zero-order chi connectivity index (χ0) is 41.0. The zero-order valence-electron chi connectivity index (χ0n) is 33.2. The van der Waals surface area contributed by atoms with E-state index in [0.717, 1.165) is 55.3 Å². The van der Waals surface area contributed by atoms with Gasteiger partial charge >= 0.3 is 0 Å². The second-order valence-electron chi connectivity index (χ2n) is 15.2. The highest BCUT2D eigenvalue weighted by atomic mass is 15.2. The molecular weight excluding hydrogens is 761 g/mol. The Morgan fingerprint density at radius 1 is 0.242 bits per heavy atom. The SMILES string of the molecule is c1ccc(-c2nc(-c3ccccc3)nc(-c3nc(-c4ccccc4)nc(-n4c5ccccc5c5cc(-c6ccc7c(c6)c6ccccc6n7-c6ccccc6)ccc54)n3)n2)cc1. The van der Waals surface area contributed by atoms with E-state index in [0.29, 0.717) is 35.1 Å². The highest BCUT2D eigenvalue weighted by Crippen LogP contribution is 2.38. The molecule has 290 valence electrons. The summed E-state index contributed by atoms with van der Waals surface area (Å²) < 4.78 is 4.47. The third kappa shape index (κ3) is 6.00. The molecule has 0 N–H and O–H groups in total. The lowest BCUT2D eigenvalue weighted by atomic mass is 10.0. The van der Waals surface area contributed by atoms with Gasteiger partial charge in [-0.25, -0.2) is 19.9 Å². The van der Waals surface area contributed by atoms with E-state index in [1.807, 2.05) is 91.0 Å². The minimum Gasteiger partial charge on any atom is -0.309 e. The number of benzene rings is 8. The van der Waals surface area contributed by atoms with Gasteiger partial charge in [-0.3, -0.25) is 4.57 Å². The molecule has 8 nitrogen and oxygen atoms in total. The molecule has 0 saturated carbocycles. The third-order valence-corrected chi connectivity index (χ3v) is 11.4. The number of hydrogen-bond acceptors (Lipinski definition) is 6. The van der Waals surface area contributed by atoms with Crippen molar-refractivity contribution in [2.24, 2.45) is 0 Å². The molecular formula is C54H34N8. The van der Waals surface area contributed by atoms with Crippen LogP contribution in [0.15, 0.2) is 206 Å². The second-order valence-corrected chi connectivity index (χ2v) is 15.2. The largest absolute Gasteiger partial charge is 0.309 e. The predicted octanol–water partition coefficient (Wildman–Crippen LogP) is 12.6. The molecule has 0 aliphatic rings. The maximum absolute atomic E-state index is 5.20. The maximum atomic E-state index is 5.20. The number of aromatic nitrogens is 8. The molecule has 4 aromatic heterocycles. The van der Waals surface area contributed by atoms with Crippen molar-refractivity contribution >= 4 is 43.6 Å². The van der Waals surface area contributed by atoms with Crippen molar-refractivity contribution in [3.8, 4) is 68.6 Å². The molecule has 4 heterocycles.